The Bertz CT molecular complexity index is 550. The van der Waals surface area contributed by atoms with Crippen LogP contribution in [0.15, 0.2) is 24.3 Å². The van der Waals surface area contributed by atoms with Crippen LogP contribution in [0.25, 0.3) is 0 Å². The highest BCUT2D eigenvalue weighted by Crippen LogP contribution is 2.23. The quantitative estimate of drug-likeness (QED) is 0.212. The number of unbranched alkanes of at least 4 members (excludes halogenated alkanes) is 5. The number of nitrogens with zero attached hydrogens (tertiary/aromatic N) is 1. The zero-order valence-electron chi connectivity index (χ0n) is 19.3. The van der Waals surface area contributed by atoms with Crippen LogP contribution in [0.2, 0.25) is 0 Å². The average Bonchev–Trinajstić information content (AvgIpc) is 2.69. The maximum atomic E-state index is 12.4. The number of benzene rings is 1. The van der Waals surface area contributed by atoms with Crippen LogP contribution in [0.4, 0.5) is 0 Å². The molecule has 2 atom stereocenters. The first kappa shape index (κ1) is 24.7. The summed E-state index contributed by atoms with van der Waals surface area (Å²) in [5.74, 6) is 0.235. The van der Waals surface area contributed by atoms with Crippen molar-refractivity contribution in [1.82, 2.24) is 0 Å². The van der Waals surface area contributed by atoms with Crippen LogP contribution in [0.3, 0.4) is 0 Å². The van der Waals surface area contributed by atoms with Gasteiger partial charge in [0.1, 0.15) is 13.2 Å². The maximum Gasteiger partial charge on any atom is 0.313 e. The van der Waals surface area contributed by atoms with E-state index >= 15 is 0 Å². The number of esters is 1. The topological polar surface area (TPSA) is 26.3 Å². The lowest BCUT2D eigenvalue weighted by Crippen LogP contribution is -2.43. The molecular weight excluding hydrogens is 346 g/mol. The standard InChI is InChI=1S/C25H44NO2/c1-7-9-10-11-12-13-18-26(5,6)19-20-28-25(27)22(4)24-16-14-23(15-17-24)21(3)8-2/h14-17,21-22H,7-13,18-20H2,1-6H3/q+1. The van der Waals surface area contributed by atoms with Crippen molar-refractivity contribution in [2.45, 2.75) is 84.5 Å². The fourth-order valence-corrected chi connectivity index (χ4v) is 3.44. The van der Waals surface area contributed by atoms with Gasteiger partial charge < -0.3 is 9.22 Å². The van der Waals surface area contributed by atoms with Gasteiger partial charge in [-0.05, 0) is 43.2 Å². The predicted octanol–water partition coefficient (Wildman–Crippen LogP) is 6.28. The minimum atomic E-state index is -0.208. The summed E-state index contributed by atoms with van der Waals surface area (Å²) in [6.07, 6.45) is 9.05. The van der Waals surface area contributed by atoms with E-state index in [1.807, 2.05) is 6.92 Å². The molecule has 28 heavy (non-hydrogen) atoms. The molecule has 1 aromatic carbocycles. The van der Waals surface area contributed by atoms with E-state index in [0.29, 0.717) is 12.5 Å². The van der Waals surface area contributed by atoms with Gasteiger partial charge in [-0.2, -0.15) is 0 Å². The lowest BCUT2D eigenvalue weighted by atomic mass is 9.94. The van der Waals surface area contributed by atoms with Crippen molar-refractivity contribution >= 4 is 5.97 Å². The summed E-state index contributed by atoms with van der Waals surface area (Å²) in [6.45, 7) is 11.2. The van der Waals surface area contributed by atoms with Crippen LogP contribution in [0.5, 0.6) is 0 Å². The molecule has 1 aromatic rings. The Morgan fingerprint density at radius 3 is 2.07 bits per heavy atom. The Morgan fingerprint density at radius 2 is 1.46 bits per heavy atom. The first-order chi connectivity index (χ1) is 13.3. The van der Waals surface area contributed by atoms with E-state index in [2.05, 4.69) is 59.1 Å². The molecule has 0 bridgehead atoms. The molecule has 0 saturated carbocycles. The van der Waals surface area contributed by atoms with E-state index in [0.717, 1.165) is 29.6 Å². The van der Waals surface area contributed by atoms with Gasteiger partial charge in [-0.1, -0.05) is 70.7 Å². The van der Waals surface area contributed by atoms with Crippen LogP contribution in [-0.4, -0.2) is 44.2 Å². The summed E-state index contributed by atoms with van der Waals surface area (Å²) in [7, 11) is 4.47. The molecule has 0 aliphatic carbocycles. The van der Waals surface area contributed by atoms with Gasteiger partial charge in [-0.3, -0.25) is 4.79 Å². The lowest BCUT2D eigenvalue weighted by molar-refractivity contribution is -0.890. The molecule has 3 nitrogen and oxygen atoms in total. The fourth-order valence-electron chi connectivity index (χ4n) is 3.44. The summed E-state index contributed by atoms with van der Waals surface area (Å²) < 4.78 is 6.51. The molecule has 0 fully saturated rings. The Balaban J connectivity index is 2.34. The van der Waals surface area contributed by atoms with Gasteiger partial charge in [-0.15, -0.1) is 0 Å². The summed E-state index contributed by atoms with van der Waals surface area (Å²) in [5.41, 5.74) is 2.37. The average molecular weight is 391 g/mol. The van der Waals surface area contributed by atoms with E-state index < -0.39 is 0 Å². The van der Waals surface area contributed by atoms with E-state index in [9.17, 15) is 4.79 Å². The molecule has 0 N–H and O–H groups in total. The zero-order chi connectivity index (χ0) is 21.0. The first-order valence-corrected chi connectivity index (χ1v) is 11.4. The molecule has 0 aliphatic heterocycles. The van der Waals surface area contributed by atoms with E-state index in [4.69, 9.17) is 4.74 Å². The minimum absolute atomic E-state index is 0.115. The van der Waals surface area contributed by atoms with Crippen molar-refractivity contribution in [3.63, 3.8) is 0 Å². The fraction of sp³-hybridized carbons (Fsp3) is 0.720. The maximum absolute atomic E-state index is 12.4. The van der Waals surface area contributed by atoms with E-state index in [1.165, 1.54) is 44.1 Å². The van der Waals surface area contributed by atoms with Crippen molar-refractivity contribution in [2.75, 3.05) is 33.8 Å². The van der Waals surface area contributed by atoms with Gasteiger partial charge in [0.05, 0.1) is 26.6 Å². The molecule has 0 aromatic heterocycles. The van der Waals surface area contributed by atoms with Crippen molar-refractivity contribution in [3.05, 3.63) is 35.4 Å². The molecule has 1 rings (SSSR count). The Labute approximate surface area is 174 Å². The van der Waals surface area contributed by atoms with Crippen molar-refractivity contribution in [3.8, 4) is 0 Å². The first-order valence-electron chi connectivity index (χ1n) is 11.4. The Morgan fingerprint density at radius 1 is 0.893 bits per heavy atom. The summed E-state index contributed by atoms with van der Waals surface area (Å²) in [4.78, 5) is 12.4. The molecule has 0 amide bonds. The van der Waals surface area contributed by atoms with E-state index in [1.54, 1.807) is 0 Å². The summed E-state index contributed by atoms with van der Waals surface area (Å²) >= 11 is 0. The SMILES string of the molecule is CCCCCCCC[N+](C)(C)CCOC(=O)C(C)c1ccc(C(C)CC)cc1. The molecule has 0 saturated heterocycles. The summed E-state index contributed by atoms with van der Waals surface area (Å²) in [5, 5.41) is 0. The predicted molar refractivity (Wildman–Crippen MR) is 120 cm³/mol. The minimum Gasteiger partial charge on any atom is -0.459 e. The molecule has 160 valence electrons. The molecular formula is C25H44NO2+. The highest BCUT2D eigenvalue weighted by molar-refractivity contribution is 5.77. The van der Waals surface area contributed by atoms with Gasteiger partial charge in [-0.25, -0.2) is 0 Å². The smallest absolute Gasteiger partial charge is 0.313 e. The number of ether oxygens (including phenoxy) is 1. The number of quaternary nitrogens is 1. The second kappa shape index (κ2) is 13.0. The van der Waals surface area contributed by atoms with E-state index in [-0.39, 0.29) is 11.9 Å². The number of rotatable bonds is 14. The van der Waals surface area contributed by atoms with Gasteiger partial charge in [0.15, 0.2) is 0 Å². The van der Waals surface area contributed by atoms with Crippen LogP contribution >= 0.6 is 0 Å². The molecule has 0 aliphatic rings. The number of hydrogen-bond donors (Lipinski definition) is 0. The normalized spacial score (nSPS) is 13.9. The Kier molecular flexibility index (Phi) is 11.4. The van der Waals surface area contributed by atoms with Crippen molar-refractivity contribution in [2.24, 2.45) is 0 Å². The summed E-state index contributed by atoms with van der Waals surface area (Å²) in [6, 6.07) is 8.44. The van der Waals surface area contributed by atoms with Crippen LogP contribution in [0.1, 0.15) is 95.6 Å². The molecule has 0 spiro atoms. The third kappa shape index (κ3) is 9.23. The van der Waals surface area contributed by atoms with Crippen LogP contribution < -0.4 is 0 Å². The van der Waals surface area contributed by atoms with Gasteiger partial charge in [0.25, 0.3) is 0 Å². The molecule has 3 heteroatoms. The highest BCUT2D eigenvalue weighted by Gasteiger charge is 2.20. The second-order valence-electron chi connectivity index (χ2n) is 9.02. The number of carbonyl (C=O) groups excluding carboxylic acids is 1. The van der Waals surface area contributed by atoms with Gasteiger partial charge in [0, 0.05) is 0 Å². The van der Waals surface area contributed by atoms with Crippen LogP contribution in [0, 0.1) is 0 Å². The number of likely N-dealkylation sites (N-methyl/N-ethyl adjacent to an activating group) is 1. The van der Waals surface area contributed by atoms with Crippen molar-refractivity contribution < 1.29 is 14.0 Å². The lowest BCUT2D eigenvalue weighted by Gasteiger charge is -2.29. The molecule has 0 radical (unpaired) electrons. The zero-order valence-corrected chi connectivity index (χ0v) is 19.3. The molecule has 2 unspecified atom stereocenters. The number of hydrogen-bond acceptors (Lipinski definition) is 2. The molecule has 0 heterocycles. The van der Waals surface area contributed by atoms with Crippen LogP contribution in [-0.2, 0) is 9.53 Å². The second-order valence-corrected chi connectivity index (χ2v) is 9.02. The largest absolute Gasteiger partial charge is 0.459 e. The third-order valence-electron chi connectivity index (χ3n) is 6.03. The highest BCUT2D eigenvalue weighted by atomic mass is 16.5. The van der Waals surface area contributed by atoms with Gasteiger partial charge in [0.2, 0.25) is 0 Å². The van der Waals surface area contributed by atoms with Crippen molar-refractivity contribution in [1.29, 1.82) is 0 Å². The number of carbonyl (C=O) groups is 1. The Hall–Kier alpha value is -1.35. The van der Waals surface area contributed by atoms with Gasteiger partial charge >= 0.3 is 5.97 Å². The monoisotopic (exact) mass is 390 g/mol. The third-order valence-corrected chi connectivity index (χ3v) is 6.03.